The van der Waals surface area contributed by atoms with Crippen molar-refractivity contribution in [3.05, 3.63) is 527 Å². The standard InChI is InChI=1S/C123H76N4S/c124-119-89(66-69-118(120(119)125-128)126(86-22-2-1-3-23-86)87-59-50-79(51-60-87)85-56-65-101-98-32-12-21-41-112(98)123(115(101)74-85)108-37-17-8-28-94(108)95-29-9-18-38-109(95)123)80-52-61-88(62-53-80)127-116-67-57-81(75-42-46-77(47-43-75)83-54-63-99-96-30-10-19-39-110(96)121(113(99)72-83)104-33-13-4-24-90(104)91-25-5-14-34-105(91)121)70-102(116)103-71-82(58-68-117(103)127)76-44-48-78(49-45-76)84-55-64-100-97-31-11-20-40-111(97)122(114(100)73-84)106-35-15-6-26-92(106)93-27-7-16-36-107(93)122/h1-74,124,128H. The van der Waals surface area contributed by atoms with Gasteiger partial charge in [0, 0.05) is 33.4 Å². The van der Waals surface area contributed by atoms with Gasteiger partial charge < -0.3 is 9.47 Å². The van der Waals surface area contributed by atoms with E-state index in [2.05, 4.69) is 457 Å². The number of fused-ring (bicyclic) bond motifs is 33. The summed E-state index contributed by atoms with van der Waals surface area (Å²) in [5.74, 6) is 0. The summed E-state index contributed by atoms with van der Waals surface area (Å²) in [5.41, 5.74) is 50.0. The molecule has 0 amide bonds. The van der Waals surface area contributed by atoms with Crippen molar-refractivity contribution < 1.29 is 0 Å². The van der Waals surface area contributed by atoms with Crippen LogP contribution in [0.5, 0.6) is 0 Å². The lowest BCUT2D eigenvalue weighted by Gasteiger charge is -2.31. The first-order valence-corrected chi connectivity index (χ1v) is 44.7. The lowest BCUT2D eigenvalue weighted by Crippen LogP contribution is -2.30. The number of rotatable bonds is 10. The zero-order valence-corrected chi connectivity index (χ0v) is 70.4. The highest BCUT2D eigenvalue weighted by Gasteiger charge is 2.55. The van der Waals surface area contributed by atoms with Crippen molar-refractivity contribution in [3.63, 3.8) is 0 Å². The van der Waals surface area contributed by atoms with Gasteiger partial charge in [0.2, 0.25) is 0 Å². The van der Waals surface area contributed by atoms with Crippen molar-refractivity contribution in [2.75, 3.05) is 4.90 Å². The Morgan fingerprint density at radius 2 is 0.477 bits per heavy atom. The monoisotopic (exact) mass is 1640 g/mol. The van der Waals surface area contributed by atoms with E-state index in [4.69, 9.17) is 12.8 Å². The third-order valence-electron chi connectivity index (χ3n) is 29.3. The van der Waals surface area contributed by atoms with Gasteiger partial charge in [-0.15, -0.1) is 0 Å². The number of nitrogens with zero attached hydrogens (tertiary/aromatic N) is 3. The predicted molar refractivity (Wildman–Crippen MR) is 532 cm³/mol. The second kappa shape index (κ2) is 27.5. The number of benzene rings is 19. The first-order valence-electron chi connectivity index (χ1n) is 44.3. The maximum atomic E-state index is 10.1. The number of thiol groups is 1. The molecule has 1 heterocycles. The number of hydrogen-bond donors (Lipinski definition) is 2. The molecule has 594 valence electrons. The number of nitrogens with one attached hydrogen (secondary N) is 1. The number of allylic oxidation sites excluding steroid dienone is 4. The van der Waals surface area contributed by atoms with Gasteiger partial charge in [-0.05, 0) is 299 Å². The Morgan fingerprint density at radius 3 is 0.789 bits per heavy atom. The SMILES string of the molecule is N=C1C(c2ccc(-n3c4ccc(-c5ccc(-c6ccc7c(c6)C6(c8ccccc8-c8ccccc86)c6ccccc6-7)cc5)cc4c4cc(-c5ccc(-c6ccc7c(c6)C6(c8ccccc8-c8ccccc86)c6ccccc6-7)cc5)ccc43)cc2)=CC=C(N(c2ccccc2)c2ccc(-c3ccc4c(c3)C3(c5ccccc5-c5ccccc53)c3ccccc3-4)cc2)C1=NS. The molecule has 0 aliphatic heterocycles. The summed E-state index contributed by atoms with van der Waals surface area (Å²) in [6, 6.07) is 163. The van der Waals surface area contributed by atoms with E-state index >= 15 is 0 Å². The maximum Gasteiger partial charge on any atom is 0.121 e. The highest BCUT2D eigenvalue weighted by atomic mass is 32.1. The van der Waals surface area contributed by atoms with E-state index in [1.165, 1.54) is 156 Å². The summed E-state index contributed by atoms with van der Waals surface area (Å²) < 4.78 is 7.08. The van der Waals surface area contributed by atoms with Crippen molar-refractivity contribution >= 4 is 63.0 Å². The minimum Gasteiger partial charge on any atom is -0.309 e. The Hall–Kier alpha value is -16.1. The van der Waals surface area contributed by atoms with Crippen molar-refractivity contribution in [1.29, 1.82) is 5.41 Å². The van der Waals surface area contributed by atoms with Crippen LogP contribution in [-0.4, -0.2) is 16.0 Å². The molecule has 0 radical (unpaired) electrons. The average Bonchev–Trinajstić information content (AvgIpc) is 1.52. The summed E-state index contributed by atoms with van der Waals surface area (Å²) in [5, 5.41) is 12.4. The summed E-state index contributed by atoms with van der Waals surface area (Å²) >= 11 is 4.71. The summed E-state index contributed by atoms with van der Waals surface area (Å²) in [6.07, 6.45) is 4.17. The van der Waals surface area contributed by atoms with E-state index in [9.17, 15) is 5.41 Å². The smallest absolute Gasteiger partial charge is 0.121 e. The molecule has 1 N–H and O–H groups in total. The highest BCUT2D eigenvalue weighted by molar-refractivity contribution is 7.79. The molecule has 20 aromatic rings. The van der Waals surface area contributed by atoms with Crippen LogP contribution in [0.25, 0.3) is 155 Å². The van der Waals surface area contributed by atoms with Crippen LogP contribution in [0.2, 0.25) is 0 Å². The molecule has 7 aliphatic rings. The Morgan fingerprint density at radius 1 is 0.227 bits per heavy atom. The van der Waals surface area contributed by atoms with Gasteiger partial charge in [-0.2, -0.15) is 0 Å². The number of hydrogen-bond acceptors (Lipinski definition) is 4. The van der Waals surface area contributed by atoms with E-state index in [0.717, 1.165) is 89.1 Å². The van der Waals surface area contributed by atoms with Crippen LogP contribution in [0.15, 0.2) is 459 Å². The third-order valence-corrected chi connectivity index (χ3v) is 29.5. The lowest BCUT2D eigenvalue weighted by atomic mass is 9.70. The van der Waals surface area contributed by atoms with Gasteiger partial charge in [0.05, 0.1) is 38.7 Å². The predicted octanol–water partition coefficient (Wildman–Crippen LogP) is 30.6. The van der Waals surface area contributed by atoms with Gasteiger partial charge in [0.15, 0.2) is 0 Å². The van der Waals surface area contributed by atoms with Gasteiger partial charge >= 0.3 is 0 Å². The zero-order valence-electron chi connectivity index (χ0n) is 69.5. The normalized spacial score (nSPS) is 14.8. The largest absolute Gasteiger partial charge is 0.309 e. The Bertz CT molecular complexity index is 7840. The minimum absolute atomic E-state index is 0.282. The number of para-hydroxylation sites is 1. The summed E-state index contributed by atoms with van der Waals surface area (Å²) in [4.78, 5) is 2.20. The van der Waals surface area contributed by atoms with Crippen molar-refractivity contribution in [3.8, 4) is 128 Å². The minimum atomic E-state index is -0.444. The van der Waals surface area contributed by atoms with E-state index in [0.29, 0.717) is 5.71 Å². The Balaban J connectivity index is 0.539. The third kappa shape index (κ3) is 9.91. The van der Waals surface area contributed by atoms with Crippen LogP contribution in [0, 0.1) is 5.41 Å². The number of anilines is 2. The molecular formula is C123H76N4S. The summed E-state index contributed by atoms with van der Waals surface area (Å²) in [7, 11) is 0. The van der Waals surface area contributed by atoms with Crippen molar-refractivity contribution in [2.45, 2.75) is 16.2 Å². The van der Waals surface area contributed by atoms with Crippen LogP contribution in [0.1, 0.15) is 72.3 Å². The topological polar surface area (TPSA) is 44.4 Å². The molecule has 0 unspecified atom stereocenters. The van der Waals surface area contributed by atoms with E-state index < -0.39 is 16.2 Å². The van der Waals surface area contributed by atoms with E-state index in [1.807, 2.05) is 6.07 Å². The van der Waals surface area contributed by atoms with Crippen LogP contribution < -0.4 is 4.90 Å². The molecule has 4 nitrogen and oxygen atoms in total. The van der Waals surface area contributed by atoms with Gasteiger partial charge in [-0.1, -0.05) is 358 Å². The molecular weight excluding hydrogens is 1570 g/mol. The Labute approximate surface area is 748 Å². The van der Waals surface area contributed by atoms with E-state index in [-0.39, 0.29) is 5.71 Å². The molecule has 0 saturated heterocycles. The quantitative estimate of drug-likeness (QED) is 0.104. The fraction of sp³-hybridized carbons (Fsp3) is 0.0244. The molecule has 0 bridgehead atoms. The number of aromatic nitrogens is 1. The molecule has 128 heavy (non-hydrogen) atoms. The average molecular weight is 1640 g/mol. The van der Waals surface area contributed by atoms with Gasteiger partial charge in [0.25, 0.3) is 0 Å². The second-order valence-electron chi connectivity index (χ2n) is 35.1. The van der Waals surface area contributed by atoms with E-state index in [1.54, 1.807) is 0 Å². The van der Waals surface area contributed by atoms with Gasteiger partial charge in [0.1, 0.15) is 5.71 Å². The van der Waals surface area contributed by atoms with Crippen LogP contribution in [-0.2, 0) is 16.2 Å². The fourth-order valence-electron chi connectivity index (χ4n) is 23.9. The van der Waals surface area contributed by atoms with Gasteiger partial charge in [-0.3, -0.25) is 5.41 Å². The second-order valence-corrected chi connectivity index (χ2v) is 35.3. The molecule has 0 atom stereocenters. The molecule has 5 heteroatoms. The highest BCUT2D eigenvalue weighted by Crippen LogP contribution is 2.67. The molecule has 0 saturated carbocycles. The molecule has 27 rings (SSSR count). The molecule has 0 fully saturated rings. The summed E-state index contributed by atoms with van der Waals surface area (Å²) in [6.45, 7) is 0. The maximum absolute atomic E-state index is 10.1. The molecule has 7 aliphatic carbocycles. The first kappa shape index (κ1) is 72.4. The fourth-order valence-corrected chi connectivity index (χ4v) is 24.1. The van der Waals surface area contributed by atoms with Crippen LogP contribution >= 0.6 is 12.8 Å². The van der Waals surface area contributed by atoms with Crippen LogP contribution in [0.4, 0.5) is 11.4 Å². The zero-order chi connectivity index (χ0) is 84.2. The molecule has 3 spiro atoms. The van der Waals surface area contributed by atoms with Crippen molar-refractivity contribution in [1.82, 2.24) is 4.57 Å². The van der Waals surface area contributed by atoms with Crippen molar-refractivity contribution in [2.24, 2.45) is 4.40 Å². The lowest BCUT2D eigenvalue weighted by molar-refractivity contribution is 0.794. The molecule has 19 aromatic carbocycles. The first-order chi connectivity index (χ1) is 63.3. The molecule has 1 aromatic heterocycles. The Kier molecular flexibility index (Phi) is 15.5. The van der Waals surface area contributed by atoms with Gasteiger partial charge in [-0.25, -0.2) is 4.40 Å². The van der Waals surface area contributed by atoms with Crippen LogP contribution in [0.3, 0.4) is 0 Å².